The molecule has 142 valence electrons. The highest BCUT2D eigenvalue weighted by Crippen LogP contribution is 2.22. The Bertz CT molecular complexity index is 697. The molecular weight excluding hydrogens is 344 g/mol. The van der Waals surface area contributed by atoms with Crippen LogP contribution in [0.15, 0.2) is 23.1 Å². The molecule has 9 heteroatoms. The second kappa shape index (κ2) is 8.39. The fourth-order valence-electron chi connectivity index (χ4n) is 1.92. The smallest absolute Gasteiger partial charge is 0.407 e. The highest BCUT2D eigenvalue weighted by atomic mass is 32.2. The predicted octanol–water partition coefficient (Wildman–Crippen LogP) is 1.89. The number of amides is 1. The molecule has 8 nitrogen and oxygen atoms in total. The summed E-state index contributed by atoms with van der Waals surface area (Å²) in [6.45, 7) is 9.60. The molecule has 1 aromatic rings. The Morgan fingerprint density at radius 3 is 2.40 bits per heavy atom. The molecule has 0 fully saturated rings. The van der Waals surface area contributed by atoms with Gasteiger partial charge in [-0.15, -0.1) is 0 Å². The van der Waals surface area contributed by atoms with Crippen molar-refractivity contribution in [2.45, 2.75) is 51.2 Å². The number of nitrogens with two attached hydrogens (primary N) is 1. The molecule has 0 aliphatic carbocycles. The summed E-state index contributed by atoms with van der Waals surface area (Å²) in [4.78, 5) is 11.6. The van der Waals surface area contributed by atoms with Crippen molar-refractivity contribution < 1.29 is 17.9 Å². The number of nitrogens with one attached hydrogen (secondary N) is 3. The minimum Gasteiger partial charge on any atom is -0.444 e. The molecule has 0 heterocycles. The first kappa shape index (κ1) is 21.0. The summed E-state index contributed by atoms with van der Waals surface area (Å²) in [5, 5.41) is 5.66. The number of carbonyl (C=O) groups excluding carboxylic acids is 1. The fourth-order valence-corrected chi connectivity index (χ4v) is 3.21. The van der Waals surface area contributed by atoms with Gasteiger partial charge in [-0.2, -0.15) is 0 Å². The van der Waals surface area contributed by atoms with E-state index in [1.54, 1.807) is 40.7 Å². The summed E-state index contributed by atoms with van der Waals surface area (Å²) < 4.78 is 31.8. The Kier molecular flexibility index (Phi) is 7.06. The van der Waals surface area contributed by atoms with Crippen molar-refractivity contribution in [1.29, 1.82) is 0 Å². The average Bonchev–Trinajstić information content (AvgIpc) is 2.41. The summed E-state index contributed by atoms with van der Waals surface area (Å²) in [5.74, 6) is 0. The molecule has 0 aliphatic heterocycles. The van der Waals surface area contributed by atoms with Gasteiger partial charge in [0, 0.05) is 19.1 Å². The van der Waals surface area contributed by atoms with E-state index in [4.69, 9.17) is 10.5 Å². The van der Waals surface area contributed by atoms with E-state index in [0.29, 0.717) is 24.5 Å². The lowest BCUT2D eigenvalue weighted by atomic mass is 10.2. The second-order valence-electron chi connectivity index (χ2n) is 6.88. The van der Waals surface area contributed by atoms with Crippen LogP contribution in [0.3, 0.4) is 0 Å². The molecule has 0 radical (unpaired) electrons. The fraction of sp³-hybridized carbons (Fsp3) is 0.562. The van der Waals surface area contributed by atoms with Gasteiger partial charge in [0.25, 0.3) is 0 Å². The number of anilines is 2. The summed E-state index contributed by atoms with van der Waals surface area (Å²) in [7, 11) is -3.58. The Labute approximate surface area is 149 Å². The third-order valence-electron chi connectivity index (χ3n) is 2.83. The molecule has 25 heavy (non-hydrogen) atoms. The van der Waals surface area contributed by atoms with E-state index in [1.807, 2.05) is 0 Å². The molecule has 1 aromatic carbocycles. The Hall–Kier alpha value is -2.00. The molecule has 0 unspecified atom stereocenters. The minimum absolute atomic E-state index is 0.108. The molecule has 0 bridgehead atoms. The van der Waals surface area contributed by atoms with Gasteiger partial charge in [-0.05, 0) is 52.8 Å². The van der Waals surface area contributed by atoms with Crippen LogP contribution in [0.4, 0.5) is 16.2 Å². The van der Waals surface area contributed by atoms with Crippen LogP contribution in [0.2, 0.25) is 0 Å². The Morgan fingerprint density at radius 1 is 1.24 bits per heavy atom. The Balaban J connectivity index is 2.58. The van der Waals surface area contributed by atoms with Gasteiger partial charge in [0.2, 0.25) is 10.0 Å². The first-order valence-electron chi connectivity index (χ1n) is 8.03. The van der Waals surface area contributed by atoms with E-state index >= 15 is 0 Å². The zero-order valence-electron chi connectivity index (χ0n) is 15.3. The predicted molar refractivity (Wildman–Crippen MR) is 99.0 cm³/mol. The summed E-state index contributed by atoms with van der Waals surface area (Å²) in [6.07, 6.45) is -0.497. The Morgan fingerprint density at radius 2 is 1.88 bits per heavy atom. The van der Waals surface area contributed by atoms with Gasteiger partial charge in [0.1, 0.15) is 5.60 Å². The van der Waals surface area contributed by atoms with Gasteiger partial charge in [0.05, 0.1) is 16.3 Å². The highest BCUT2D eigenvalue weighted by Gasteiger charge is 2.17. The van der Waals surface area contributed by atoms with Crippen molar-refractivity contribution >= 4 is 27.5 Å². The maximum atomic E-state index is 12.1. The third-order valence-corrected chi connectivity index (χ3v) is 4.49. The van der Waals surface area contributed by atoms with E-state index in [-0.39, 0.29) is 10.9 Å². The van der Waals surface area contributed by atoms with E-state index in [2.05, 4.69) is 15.4 Å². The molecule has 0 aromatic heterocycles. The van der Waals surface area contributed by atoms with Crippen molar-refractivity contribution in [2.24, 2.45) is 0 Å². The summed E-state index contributed by atoms with van der Waals surface area (Å²) in [6, 6.07) is 4.26. The maximum absolute atomic E-state index is 12.1. The lowest BCUT2D eigenvalue weighted by Crippen LogP contribution is -2.35. The number of carbonyl (C=O) groups is 1. The lowest BCUT2D eigenvalue weighted by molar-refractivity contribution is 0.0530. The van der Waals surface area contributed by atoms with E-state index in [1.165, 1.54) is 12.1 Å². The second-order valence-corrected chi connectivity index (χ2v) is 8.59. The van der Waals surface area contributed by atoms with Gasteiger partial charge in [-0.1, -0.05) is 0 Å². The molecule has 1 amide bonds. The number of sulfonamides is 1. The molecule has 1 rings (SSSR count). The molecular formula is C16H28N4O4S. The molecule has 0 saturated heterocycles. The number of rotatable bonds is 7. The number of ether oxygens (including phenoxy) is 1. The first-order valence-corrected chi connectivity index (χ1v) is 9.51. The quantitative estimate of drug-likeness (QED) is 0.428. The molecule has 0 atom stereocenters. The zero-order chi connectivity index (χ0) is 19.3. The van der Waals surface area contributed by atoms with Gasteiger partial charge < -0.3 is 21.1 Å². The highest BCUT2D eigenvalue weighted by molar-refractivity contribution is 7.89. The van der Waals surface area contributed by atoms with Crippen LogP contribution >= 0.6 is 0 Å². The normalized spacial score (nSPS) is 12.1. The van der Waals surface area contributed by atoms with Gasteiger partial charge in [0.15, 0.2) is 0 Å². The average molecular weight is 372 g/mol. The largest absolute Gasteiger partial charge is 0.444 e. The van der Waals surface area contributed by atoms with Crippen molar-refractivity contribution in [3.8, 4) is 0 Å². The number of nitrogen functional groups attached to an aromatic ring is 1. The molecule has 5 N–H and O–H groups in total. The molecule has 0 spiro atoms. The van der Waals surface area contributed by atoms with Crippen LogP contribution in [0.1, 0.15) is 34.6 Å². The topological polar surface area (TPSA) is 123 Å². The van der Waals surface area contributed by atoms with Gasteiger partial charge >= 0.3 is 6.09 Å². The van der Waals surface area contributed by atoms with Crippen molar-refractivity contribution in [3.05, 3.63) is 18.2 Å². The molecule has 0 aliphatic rings. The SMILES string of the molecule is CC(C)NS(=O)(=O)c1ccc(NCCNC(=O)OC(C)(C)C)c(N)c1. The van der Waals surface area contributed by atoms with Crippen molar-refractivity contribution in [2.75, 3.05) is 24.1 Å². The number of benzene rings is 1. The maximum Gasteiger partial charge on any atom is 0.407 e. The van der Waals surface area contributed by atoms with Crippen LogP contribution in [0.25, 0.3) is 0 Å². The summed E-state index contributed by atoms with van der Waals surface area (Å²) >= 11 is 0. The van der Waals surface area contributed by atoms with E-state index in [0.717, 1.165) is 0 Å². The zero-order valence-corrected chi connectivity index (χ0v) is 16.2. The number of alkyl carbamates (subject to hydrolysis) is 1. The van der Waals surface area contributed by atoms with E-state index in [9.17, 15) is 13.2 Å². The third kappa shape index (κ3) is 7.61. The summed E-state index contributed by atoms with van der Waals surface area (Å²) in [5.41, 5.74) is 6.26. The lowest BCUT2D eigenvalue weighted by Gasteiger charge is -2.19. The monoisotopic (exact) mass is 372 g/mol. The van der Waals surface area contributed by atoms with Crippen molar-refractivity contribution in [3.63, 3.8) is 0 Å². The first-order chi connectivity index (χ1) is 11.4. The van der Waals surface area contributed by atoms with Crippen molar-refractivity contribution in [1.82, 2.24) is 10.0 Å². The molecule has 0 saturated carbocycles. The van der Waals surface area contributed by atoms with Gasteiger partial charge in [-0.25, -0.2) is 17.9 Å². The standard InChI is InChI=1S/C16H28N4O4S/c1-11(2)20-25(22,23)12-6-7-14(13(17)10-12)18-8-9-19-15(21)24-16(3,4)5/h6-7,10-11,18,20H,8-9,17H2,1-5H3,(H,19,21). The van der Waals surface area contributed by atoms with Gasteiger partial charge in [-0.3, -0.25) is 0 Å². The number of hydrogen-bond acceptors (Lipinski definition) is 6. The van der Waals surface area contributed by atoms with Crippen LogP contribution in [-0.4, -0.2) is 39.2 Å². The van der Waals surface area contributed by atoms with Crippen LogP contribution in [0, 0.1) is 0 Å². The van der Waals surface area contributed by atoms with Crippen LogP contribution in [0.5, 0.6) is 0 Å². The van der Waals surface area contributed by atoms with E-state index < -0.39 is 21.7 Å². The van der Waals surface area contributed by atoms with Crippen LogP contribution in [-0.2, 0) is 14.8 Å². The number of hydrogen-bond donors (Lipinski definition) is 4. The minimum atomic E-state index is -3.58. The van der Waals surface area contributed by atoms with Crippen LogP contribution < -0.4 is 21.1 Å².